The molecule has 6 heteroatoms. The van der Waals surface area contributed by atoms with Crippen molar-refractivity contribution < 1.29 is 8.42 Å². The molecule has 1 aliphatic carbocycles. The summed E-state index contributed by atoms with van der Waals surface area (Å²) >= 11 is 1.30. The van der Waals surface area contributed by atoms with Gasteiger partial charge in [-0.15, -0.1) is 11.3 Å². The lowest BCUT2D eigenvalue weighted by Gasteiger charge is -2.19. The van der Waals surface area contributed by atoms with Gasteiger partial charge in [-0.3, -0.25) is 0 Å². The second-order valence-corrected chi connectivity index (χ2v) is 8.66. The van der Waals surface area contributed by atoms with E-state index in [0.29, 0.717) is 16.2 Å². The minimum absolute atomic E-state index is 0.00450. The summed E-state index contributed by atoms with van der Waals surface area (Å²) in [5, 5.41) is 5.33. The number of rotatable bonds is 8. The average molecular weight is 316 g/mol. The normalized spacial score (nSPS) is 17.6. The molecule has 20 heavy (non-hydrogen) atoms. The van der Waals surface area contributed by atoms with Crippen molar-refractivity contribution in [3.8, 4) is 0 Å². The molecule has 1 fully saturated rings. The van der Waals surface area contributed by atoms with Crippen LogP contribution in [0.4, 0.5) is 0 Å². The highest BCUT2D eigenvalue weighted by Crippen LogP contribution is 2.23. The zero-order chi connectivity index (χ0) is 14.8. The van der Waals surface area contributed by atoms with Crippen molar-refractivity contribution in [2.24, 2.45) is 5.92 Å². The third-order valence-corrected chi connectivity index (χ3v) is 6.60. The Labute approximate surface area is 126 Å². The van der Waals surface area contributed by atoms with Crippen molar-refractivity contribution in [2.45, 2.75) is 62.9 Å². The van der Waals surface area contributed by atoms with Crippen LogP contribution in [0.25, 0.3) is 0 Å². The van der Waals surface area contributed by atoms with Gasteiger partial charge in [0.05, 0.1) is 0 Å². The summed E-state index contributed by atoms with van der Waals surface area (Å²) in [7, 11) is -3.38. The summed E-state index contributed by atoms with van der Waals surface area (Å²) in [6.07, 6.45) is 3.28. The van der Waals surface area contributed by atoms with E-state index in [0.717, 1.165) is 18.5 Å². The highest BCUT2D eigenvalue weighted by atomic mass is 32.2. The van der Waals surface area contributed by atoms with E-state index in [4.69, 9.17) is 0 Å². The van der Waals surface area contributed by atoms with Crippen molar-refractivity contribution in [1.29, 1.82) is 0 Å². The molecule has 1 atom stereocenters. The van der Waals surface area contributed by atoms with Gasteiger partial charge in [0.25, 0.3) is 0 Å². The SMILES string of the molecule is CCC(NS(=O)(=O)c1cc(CNC2CC2)cs1)C(C)C. The van der Waals surface area contributed by atoms with Crippen LogP contribution in [-0.2, 0) is 16.6 Å². The van der Waals surface area contributed by atoms with E-state index in [9.17, 15) is 8.42 Å². The molecule has 0 spiro atoms. The Hall–Kier alpha value is -0.430. The number of hydrogen-bond acceptors (Lipinski definition) is 4. The van der Waals surface area contributed by atoms with Gasteiger partial charge in [0.1, 0.15) is 4.21 Å². The Balaban J connectivity index is 2.00. The maximum atomic E-state index is 12.3. The highest BCUT2D eigenvalue weighted by Gasteiger charge is 2.24. The zero-order valence-electron chi connectivity index (χ0n) is 12.3. The number of sulfonamides is 1. The van der Waals surface area contributed by atoms with Gasteiger partial charge < -0.3 is 5.32 Å². The van der Waals surface area contributed by atoms with Crippen LogP contribution in [0.1, 0.15) is 45.6 Å². The minimum atomic E-state index is -3.38. The summed E-state index contributed by atoms with van der Waals surface area (Å²) in [5.41, 5.74) is 1.06. The van der Waals surface area contributed by atoms with Gasteiger partial charge in [-0.1, -0.05) is 20.8 Å². The van der Waals surface area contributed by atoms with Crippen LogP contribution in [0.5, 0.6) is 0 Å². The molecule has 0 radical (unpaired) electrons. The predicted octanol–water partition coefficient (Wildman–Crippen LogP) is 2.71. The van der Waals surface area contributed by atoms with E-state index in [-0.39, 0.29) is 6.04 Å². The molecule has 114 valence electrons. The molecule has 1 aromatic heterocycles. The molecule has 1 aliphatic rings. The Morgan fingerprint density at radius 1 is 1.40 bits per heavy atom. The molecule has 2 N–H and O–H groups in total. The van der Waals surface area contributed by atoms with Gasteiger partial charge in [-0.05, 0) is 42.2 Å². The number of thiophene rings is 1. The van der Waals surface area contributed by atoms with Crippen molar-refractivity contribution in [3.63, 3.8) is 0 Å². The van der Waals surface area contributed by atoms with Crippen LogP contribution in [0.3, 0.4) is 0 Å². The van der Waals surface area contributed by atoms with Crippen molar-refractivity contribution in [1.82, 2.24) is 10.0 Å². The van der Waals surface area contributed by atoms with E-state index in [1.807, 2.05) is 26.2 Å². The Morgan fingerprint density at radius 3 is 2.65 bits per heavy atom. The van der Waals surface area contributed by atoms with Gasteiger partial charge in [-0.2, -0.15) is 0 Å². The summed E-state index contributed by atoms with van der Waals surface area (Å²) in [4.78, 5) is 0. The second kappa shape index (κ2) is 6.56. The standard InChI is InChI=1S/C14H24N2O2S2/c1-4-13(10(2)3)16-20(17,18)14-7-11(9-19-14)8-15-12-5-6-12/h7,9-10,12-13,15-16H,4-6,8H2,1-3H3. The minimum Gasteiger partial charge on any atom is -0.310 e. The predicted molar refractivity (Wildman–Crippen MR) is 83.4 cm³/mol. The van der Waals surface area contributed by atoms with Crippen LogP contribution < -0.4 is 10.0 Å². The smallest absolute Gasteiger partial charge is 0.250 e. The quantitative estimate of drug-likeness (QED) is 0.775. The lowest BCUT2D eigenvalue weighted by atomic mass is 10.0. The molecule has 0 aromatic carbocycles. The summed E-state index contributed by atoms with van der Waals surface area (Å²) < 4.78 is 27.9. The van der Waals surface area contributed by atoms with Crippen LogP contribution in [-0.4, -0.2) is 20.5 Å². The molecular weight excluding hydrogens is 292 g/mol. The Kier molecular flexibility index (Phi) is 5.23. The van der Waals surface area contributed by atoms with Crippen molar-refractivity contribution in [3.05, 3.63) is 17.0 Å². The van der Waals surface area contributed by atoms with Crippen molar-refractivity contribution >= 4 is 21.4 Å². The maximum absolute atomic E-state index is 12.3. The highest BCUT2D eigenvalue weighted by molar-refractivity contribution is 7.91. The molecule has 0 amide bonds. The Morgan fingerprint density at radius 2 is 2.10 bits per heavy atom. The summed E-state index contributed by atoms with van der Waals surface area (Å²) in [6, 6.07) is 2.42. The fourth-order valence-electron chi connectivity index (χ4n) is 2.08. The summed E-state index contributed by atoms with van der Waals surface area (Å²) in [5.74, 6) is 0.297. The summed E-state index contributed by atoms with van der Waals surface area (Å²) in [6.45, 7) is 6.84. The van der Waals surface area contributed by atoms with Gasteiger partial charge >= 0.3 is 0 Å². The third kappa shape index (κ3) is 4.28. The largest absolute Gasteiger partial charge is 0.310 e. The van der Waals surface area contributed by atoms with Crippen molar-refractivity contribution in [2.75, 3.05) is 0 Å². The molecular formula is C14H24N2O2S2. The monoisotopic (exact) mass is 316 g/mol. The van der Waals surface area contributed by atoms with Gasteiger partial charge in [0, 0.05) is 18.6 Å². The first kappa shape index (κ1) is 15.9. The molecule has 1 unspecified atom stereocenters. The lowest BCUT2D eigenvalue weighted by molar-refractivity contribution is 0.438. The van der Waals surface area contributed by atoms with E-state index in [1.54, 1.807) is 6.07 Å². The Bertz CT molecular complexity index is 533. The van der Waals surface area contributed by atoms with Crippen LogP contribution >= 0.6 is 11.3 Å². The zero-order valence-corrected chi connectivity index (χ0v) is 14.0. The first-order valence-electron chi connectivity index (χ1n) is 7.25. The molecule has 2 rings (SSSR count). The molecule has 1 saturated carbocycles. The molecule has 1 heterocycles. The molecule has 4 nitrogen and oxygen atoms in total. The fraction of sp³-hybridized carbons (Fsp3) is 0.714. The van der Waals surface area contributed by atoms with Crippen LogP contribution in [0, 0.1) is 5.92 Å². The fourth-order valence-corrected chi connectivity index (χ4v) is 4.78. The topological polar surface area (TPSA) is 58.2 Å². The molecule has 1 aromatic rings. The van der Waals surface area contributed by atoms with Crippen LogP contribution in [0.2, 0.25) is 0 Å². The van der Waals surface area contributed by atoms with E-state index in [1.165, 1.54) is 24.2 Å². The molecule has 0 aliphatic heterocycles. The van der Waals surface area contributed by atoms with Gasteiger partial charge in [0.2, 0.25) is 10.0 Å². The average Bonchev–Trinajstić information content (AvgIpc) is 3.09. The third-order valence-electron chi connectivity index (χ3n) is 3.62. The van der Waals surface area contributed by atoms with E-state index in [2.05, 4.69) is 10.0 Å². The first-order chi connectivity index (χ1) is 9.42. The molecule has 0 saturated heterocycles. The lowest BCUT2D eigenvalue weighted by Crippen LogP contribution is -2.37. The van der Waals surface area contributed by atoms with Gasteiger partial charge in [-0.25, -0.2) is 13.1 Å². The second-order valence-electron chi connectivity index (χ2n) is 5.81. The van der Waals surface area contributed by atoms with Gasteiger partial charge in [0.15, 0.2) is 0 Å². The number of hydrogen-bond donors (Lipinski definition) is 2. The van der Waals surface area contributed by atoms with E-state index < -0.39 is 10.0 Å². The molecule has 0 bridgehead atoms. The number of nitrogens with one attached hydrogen (secondary N) is 2. The maximum Gasteiger partial charge on any atom is 0.250 e. The van der Waals surface area contributed by atoms with E-state index >= 15 is 0 Å². The first-order valence-corrected chi connectivity index (χ1v) is 9.61. The van der Waals surface area contributed by atoms with Crippen LogP contribution in [0.15, 0.2) is 15.7 Å².